The van der Waals surface area contributed by atoms with Gasteiger partial charge >= 0.3 is 0 Å². The average Bonchev–Trinajstić information content (AvgIpc) is 3.04. The summed E-state index contributed by atoms with van der Waals surface area (Å²) in [5.41, 5.74) is 1.01. The molecule has 4 rings (SSSR count). The Morgan fingerprint density at radius 2 is 2.20 bits per heavy atom. The molecule has 0 unspecified atom stereocenters. The summed E-state index contributed by atoms with van der Waals surface area (Å²) in [5.74, 6) is 0. The summed E-state index contributed by atoms with van der Waals surface area (Å²) in [6.45, 7) is 0. The molecule has 4 aromatic rings. The number of halogens is 1. The van der Waals surface area contributed by atoms with Gasteiger partial charge in [0, 0.05) is 5.02 Å². The van der Waals surface area contributed by atoms with Crippen molar-refractivity contribution in [2.75, 3.05) is 0 Å². The zero-order chi connectivity index (χ0) is 13.7. The predicted octanol–water partition coefficient (Wildman–Crippen LogP) is 3.24. The summed E-state index contributed by atoms with van der Waals surface area (Å²) in [7, 11) is 0. The maximum atomic E-state index is 12.3. The van der Waals surface area contributed by atoms with Gasteiger partial charge in [-0.2, -0.15) is 9.78 Å². The van der Waals surface area contributed by atoms with E-state index in [-0.39, 0.29) is 5.56 Å². The van der Waals surface area contributed by atoms with Crippen LogP contribution in [0, 0.1) is 0 Å². The van der Waals surface area contributed by atoms with Crippen molar-refractivity contribution in [2.24, 2.45) is 0 Å². The first-order valence-electron chi connectivity index (χ1n) is 5.74. The molecule has 0 bridgehead atoms. The lowest BCUT2D eigenvalue weighted by Gasteiger charge is -1.97. The first-order chi connectivity index (χ1) is 9.72. The van der Waals surface area contributed by atoms with Gasteiger partial charge in [-0.3, -0.25) is 4.79 Å². The lowest BCUT2D eigenvalue weighted by Crippen LogP contribution is -2.20. The molecule has 5 nitrogen and oxygen atoms in total. The van der Waals surface area contributed by atoms with E-state index in [1.54, 1.807) is 12.1 Å². The highest BCUT2D eigenvalue weighted by molar-refractivity contribution is 7.20. The second-order valence-corrected chi connectivity index (χ2v) is 5.61. The third-order valence-electron chi connectivity index (χ3n) is 2.93. The topological polar surface area (TPSA) is 60.9 Å². The highest BCUT2D eigenvalue weighted by Crippen LogP contribution is 2.26. The maximum absolute atomic E-state index is 12.3. The van der Waals surface area contributed by atoms with Gasteiger partial charge in [-0.25, -0.2) is 4.98 Å². The van der Waals surface area contributed by atoms with Crippen LogP contribution in [0.4, 0.5) is 0 Å². The molecule has 0 amide bonds. The Bertz CT molecular complexity index is 1000. The molecule has 0 aliphatic carbocycles. The van der Waals surface area contributed by atoms with Crippen LogP contribution in [-0.4, -0.2) is 14.8 Å². The first kappa shape index (κ1) is 11.6. The fourth-order valence-corrected chi connectivity index (χ4v) is 3.19. The summed E-state index contributed by atoms with van der Waals surface area (Å²) in [6.07, 6.45) is 2.98. The van der Waals surface area contributed by atoms with E-state index >= 15 is 0 Å². The second-order valence-electron chi connectivity index (χ2n) is 4.17. The van der Waals surface area contributed by atoms with Crippen LogP contribution in [0.15, 0.2) is 45.9 Å². The fourth-order valence-electron chi connectivity index (χ4n) is 1.99. The van der Waals surface area contributed by atoms with E-state index in [2.05, 4.69) is 10.1 Å². The van der Waals surface area contributed by atoms with Gasteiger partial charge < -0.3 is 4.42 Å². The third-order valence-corrected chi connectivity index (χ3v) is 4.16. The highest BCUT2D eigenvalue weighted by Gasteiger charge is 2.12. The van der Waals surface area contributed by atoms with E-state index in [4.69, 9.17) is 16.0 Å². The van der Waals surface area contributed by atoms with Crippen LogP contribution < -0.4 is 5.56 Å². The molecule has 1 aromatic carbocycles. The normalized spacial score (nSPS) is 11.4. The van der Waals surface area contributed by atoms with E-state index in [0.29, 0.717) is 21.1 Å². The van der Waals surface area contributed by atoms with Crippen LogP contribution in [-0.2, 0) is 0 Å². The van der Waals surface area contributed by atoms with Crippen LogP contribution in [0.1, 0.15) is 0 Å². The van der Waals surface area contributed by atoms with E-state index in [0.717, 1.165) is 10.2 Å². The molecule has 0 N–H and O–H groups in total. The summed E-state index contributed by atoms with van der Waals surface area (Å²) in [5, 5.41) is 5.72. The molecule has 0 aliphatic rings. The van der Waals surface area contributed by atoms with Crippen molar-refractivity contribution in [3.63, 3.8) is 0 Å². The van der Waals surface area contributed by atoms with Crippen molar-refractivity contribution in [1.29, 1.82) is 0 Å². The highest BCUT2D eigenvalue weighted by atomic mass is 35.5. The Hall–Kier alpha value is -2.18. The van der Waals surface area contributed by atoms with Gasteiger partial charge in [-0.05, 0) is 24.3 Å². The molecular formula is C13H6ClN3O2S. The zero-order valence-electron chi connectivity index (χ0n) is 9.91. The molecule has 7 heteroatoms. The van der Waals surface area contributed by atoms with Crippen molar-refractivity contribution in [3.8, 4) is 5.13 Å². The number of fused-ring (bicyclic) bond motifs is 2. The number of thiazole rings is 1. The van der Waals surface area contributed by atoms with Crippen LogP contribution in [0.5, 0.6) is 0 Å². The van der Waals surface area contributed by atoms with Crippen LogP contribution in [0.3, 0.4) is 0 Å². The van der Waals surface area contributed by atoms with Gasteiger partial charge in [-0.15, -0.1) is 0 Å². The molecule has 0 saturated heterocycles. The quantitative estimate of drug-likeness (QED) is 0.541. The van der Waals surface area contributed by atoms with Crippen molar-refractivity contribution in [3.05, 3.63) is 52.1 Å². The second kappa shape index (κ2) is 4.16. The van der Waals surface area contributed by atoms with Gasteiger partial charge in [0.1, 0.15) is 0 Å². The molecule has 0 spiro atoms. The number of rotatable bonds is 1. The number of benzene rings is 1. The molecule has 3 heterocycles. The van der Waals surface area contributed by atoms with Crippen LogP contribution in [0.25, 0.3) is 26.3 Å². The van der Waals surface area contributed by atoms with Crippen molar-refractivity contribution < 1.29 is 4.42 Å². The van der Waals surface area contributed by atoms with Crippen LogP contribution >= 0.6 is 22.9 Å². The molecule has 0 atom stereocenters. The lowest BCUT2D eigenvalue weighted by atomic mass is 10.3. The molecule has 98 valence electrons. The van der Waals surface area contributed by atoms with Gasteiger partial charge in [0.15, 0.2) is 5.58 Å². The summed E-state index contributed by atoms with van der Waals surface area (Å²) >= 11 is 7.32. The number of aromatic nitrogens is 3. The number of hydrogen-bond donors (Lipinski definition) is 0. The number of hydrogen-bond acceptors (Lipinski definition) is 5. The Morgan fingerprint density at radius 1 is 1.30 bits per heavy atom. The molecule has 20 heavy (non-hydrogen) atoms. The molecule has 3 aromatic heterocycles. The molecule has 0 fully saturated rings. The number of furan rings is 1. The Balaban J connectivity index is 2.00. The monoisotopic (exact) mass is 303 g/mol. The van der Waals surface area contributed by atoms with Crippen molar-refractivity contribution >= 4 is 44.1 Å². The Labute approximate surface area is 121 Å². The van der Waals surface area contributed by atoms with E-state index < -0.39 is 0 Å². The van der Waals surface area contributed by atoms with Crippen molar-refractivity contribution in [1.82, 2.24) is 14.8 Å². The summed E-state index contributed by atoms with van der Waals surface area (Å²) in [6, 6.07) is 7.03. The van der Waals surface area contributed by atoms with Crippen LogP contribution in [0.2, 0.25) is 5.02 Å². The lowest BCUT2D eigenvalue weighted by molar-refractivity contribution is 0.610. The fraction of sp³-hybridized carbons (Fsp3) is 0. The van der Waals surface area contributed by atoms with E-state index in [1.165, 1.54) is 28.5 Å². The minimum Gasteiger partial charge on any atom is -0.462 e. The van der Waals surface area contributed by atoms with E-state index in [1.807, 2.05) is 12.1 Å². The van der Waals surface area contributed by atoms with Gasteiger partial charge in [-0.1, -0.05) is 22.9 Å². The van der Waals surface area contributed by atoms with Gasteiger partial charge in [0.2, 0.25) is 5.13 Å². The predicted molar refractivity (Wildman–Crippen MR) is 77.8 cm³/mol. The standard InChI is InChI=1S/C13H6ClN3O2S/c14-7-1-2-9-11(5-7)20-13(16-9)17-12(18)8-3-4-19-10(8)6-15-17/h1-6H. The molecular weight excluding hydrogens is 298 g/mol. The van der Waals surface area contributed by atoms with Crippen molar-refractivity contribution in [2.45, 2.75) is 0 Å². The Kier molecular flexibility index (Phi) is 2.42. The largest absolute Gasteiger partial charge is 0.462 e. The summed E-state index contributed by atoms with van der Waals surface area (Å²) in [4.78, 5) is 16.7. The summed E-state index contributed by atoms with van der Waals surface area (Å²) < 4.78 is 7.34. The third kappa shape index (κ3) is 1.65. The minimum atomic E-state index is -0.249. The maximum Gasteiger partial charge on any atom is 0.284 e. The minimum absolute atomic E-state index is 0.249. The molecule has 0 aliphatic heterocycles. The van der Waals surface area contributed by atoms with Gasteiger partial charge in [0.05, 0.1) is 28.1 Å². The zero-order valence-corrected chi connectivity index (χ0v) is 11.5. The number of nitrogens with zero attached hydrogens (tertiary/aromatic N) is 3. The van der Waals surface area contributed by atoms with Gasteiger partial charge in [0.25, 0.3) is 5.56 Å². The molecule has 0 saturated carbocycles. The average molecular weight is 304 g/mol. The molecule has 0 radical (unpaired) electrons. The first-order valence-corrected chi connectivity index (χ1v) is 6.94. The Morgan fingerprint density at radius 3 is 3.10 bits per heavy atom. The smallest absolute Gasteiger partial charge is 0.284 e. The van der Waals surface area contributed by atoms with E-state index in [9.17, 15) is 4.79 Å². The SMILES string of the molecule is O=c1c2ccoc2cnn1-c1nc2ccc(Cl)cc2s1.